The molecule has 0 spiro atoms. The predicted octanol–water partition coefficient (Wildman–Crippen LogP) is 4.84. The molecule has 0 aliphatic rings. The lowest BCUT2D eigenvalue weighted by atomic mass is 10.0. The molecule has 4 rings (SSSR count). The summed E-state index contributed by atoms with van der Waals surface area (Å²) in [5.74, 6) is 0.256. The molecule has 2 aromatic heterocycles. The third-order valence-electron chi connectivity index (χ3n) is 4.05. The van der Waals surface area contributed by atoms with Crippen molar-refractivity contribution in [3.05, 3.63) is 76.9 Å². The molecule has 1 amide bonds. The lowest BCUT2D eigenvalue weighted by Gasteiger charge is -2.10. The summed E-state index contributed by atoms with van der Waals surface area (Å²) in [5, 5.41) is 11.1. The van der Waals surface area contributed by atoms with Gasteiger partial charge in [0.2, 0.25) is 0 Å². The Hall–Kier alpha value is -3.18. The molecule has 0 aliphatic heterocycles. The van der Waals surface area contributed by atoms with E-state index in [0.717, 1.165) is 22.2 Å². The number of benzene rings is 2. The molecule has 4 aromatic rings. The summed E-state index contributed by atoms with van der Waals surface area (Å²) in [6.45, 7) is 1.88. The van der Waals surface area contributed by atoms with Gasteiger partial charge in [-0.15, -0.1) is 0 Å². The number of H-pyrrole nitrogens is 1. The highest BCUT2D eigenvalue weighted by Crippen LogP contribution is 2.26. The Morgan fingerprint density at radius 2 is 1.85 bits per heavy atom. The second kappa shape index (κ2) is 6.61. The quantitative estimate of drug-likeness (QED) is 0.548. The number of aromatic nitrogens is 3. The number of hydrogen-bond donors (Lipinski definition) is 2. The molecule has 0 unspecified atom stereocenters. The van der Waals surface area contributed by atoms with Crippen molar-refractivity contribution >= 4 is 34.2 Å². The molecule has 0 aliphatic carbocycles. The maximum atomic E-state index is 12.9. The van der Waals surface area contributed by atoms with Gasteiger partial charge in [0, 0.05) is 27.7 Å². The average molecular weight is 363 g/mol. The van der Waals surface area contributed by atoms with Crippen LogP contribution in [-0.4, -0.2) is 21.1 Å². The van der Waals surface area contributed by atoms with Gasteiger partial charge in [-0.05, 0) is 31.2 Å². The first-order valence-corrected chi connectivity index (χ1v) is 8.47. The minimum atomic E-state index is -0.231. The Morgan fingerprint density at radius 1 is 1.08 bits per heavy atom. The topological polar surface area (TPSA) is 70.7 Å². The van der Waals surface area contributed by atoms with Crippen molar-refractivity contribution < 1.29 is 4.79 Å². The number of para-hydroxylation sites is 1. The largest absolute Gasteiger partial charge is 0.305 e. The molecule has 128 valence electrons. The van der Waals surface area contributed by atoms with E-state index in [2.05, 4.69) is 20.5 Å². The number of anilines is 1. The highest BCUT2D eigenvalue weighted by Gasteiger charge is 2.15. The van der Waals surface area contributed by atoms with E-state index in [1.54, 1.807) is 24.3 Å². The summed E-state index contributed by atoms with van der Waals surface area (Å²) in [6, 6.07) is 18.5. The summed E-state index contributed by atoms with van der Waals surface area (Å²) in [7, 11) is 0. The van der Waals surface area contributed by atoms with Crippen LogP contribution in [0.25, 0.3) is 22.2 Å². The van der Waals surface area contributed by atoms with Gasteiger partial charge >= 0.3 is 0 Å². The molecule has 0 fully saturated rings. The molecule has 0 saturated carbocycles. The first kappa shape index (κ1) is 16.3. The molecular formula is C20H15ClN4O. The van der Waals surface area contributed by atoms with Gasteiger partial charge in [-0.3, -0.25) is 9.89 Å². The predicted molar refractivity (Wildman–Crippen MR) is 103 cm³/mol. The van der Waals surface area contributed by atoms with E-state index >= 15 is 0 Å². The number of aromatic amines is 1. The van der Waals surface area contributed by atoms with Gasteiger partial charge in [-0.2, -0.15) is 5.10 Å². The van der Waals surface area contributed by atoms with E-state index < -0.39 is 0 Å². The van der Waals surface area contributed by atoms with Crippen molar-refractivity contribution in [1.29, 1.82) is 0 Å². The van der Waals surface area contributed by atoms with Gasteiger partial charge in [-0.25, -0.2) is 4.98 Å². The summed E-state index contributed by atoms with van der Waals surface area (Å²) < 4.78 is 0. The Bertz CT molecular complexity index is 1100. The van der Waals surface area contributed by atoms with Crippen LogP contribution in [0.15, 0.2) is 60.7 Å². The van der Waals surface area contributed by atoms with Crippen molar-refractivity contribution in [2.45, 2.75) is 6.92 Å². The van der Waals surface area contributed by atoms with Crippen molar-refractivity contribution in [1.82, 2.24) is 15.2 Å². The van der Waals surface area contributed by atoms with Crippen molar-refractivity contribution in [2.24, 2.45) is 0 Å². The number of rotatable bonds is 3. The zero-order valence-corrected chi connectivity index (χ0v) is 14.7. The highest BCUT2D eigenvalue weighted by atomic mass is 35.5. The smallest absolute Gasteiger partial charge is 0.257 e. The van der Waals surface area contributed by atoms with Crippen LogP contribution in [0.3, 0.4) is 0 Å². The Balaban J connectivity index is 1.81. The SMILES string of the molecule is Cc1cc(NC(=O)c2cc(-c3ccc(Cl)cc3)nc3ccccc23)n[nH]1. The molecule has 0 radical (unpaired) electrons. The number of aryl methyl sites for hydroxylation is 1. The molecule has 26 heavy (non-hydrogen) atoms. The third kappa shape index (κ3) is 3.17. The monoisotopic (exact) mass is 362 g/mol. The number of nitrogens with zero attached hydrogens (tertiary/aromatic N) is 2. The van der Waals surface area contributed by atoms with Crippen LogP contribution in [0.4, 0.5) is 5.82 Å². The van der Waals surface area contributed by atoms with Crippen LogP contribution in [0, 0.1) is 6.92 Å². The Morgan fingerprint density at radius 3 is 2.58 bits per heavy atom. The van der Waals surface area contributed by atoms with Gasteiger partial charge in [0.1, 0.15) is 0 Å². The molecule has 2 heterocycles. The van der Waals surface area contributed by atoms with E-state index in [1.807, 2.05) is 43.3 Å². The standard InChI is InChI=1S/C20H15ClN4O/c1-12-10-19(25-24-12)23-20(26)16-11-18(13-6-8-14(21)9-7-13)22-17-5-3-2-4-15(16)17/h2-11H,1H3,(H2,23,24,25,26). The number of amides is 1. The van der Waals surface area contributed by atoms with Crippen LogP contribution in [0.5, 0.6) is 0 Å². The first-order chi connectivity index (χ1) is 12.6. The van der Waals surface area contributed by atoms with Crippen LogP contribution < -0.4 is 5.32 Å². The molecule has 2 N–H and O–H groups in total. The molecule has 5 nitrogen and oxygen atoms in total. The van der Waals surface area contributed by atoms with E-state index in [4.69, 9.17) is 11.6 Å². The second-order valence-electron chi connectivity index (χ2n) is 5.97. The maximum absolute atomic E-state index is 12.9. The third-order valence-corrected chi connectivity index (χ3v) is 4.30. The van der Waals surface area contributed by atoms with Gasteiger partial charge in [0.05, 0.1) is 16.8 Å². The van der Waals surface area contributed by atoms with Crippen molar-refractivity contribution in [2.75, 3.05) is 5.32 Å². The van der Waals surface area contributed by atoms with Crippen LogP contribution >= 0.6 is 11.6 Å². The van der Waals surface area contributed by atoms with E-state index in [1.165, 1.54) is 0 Å². The molecule has 6 heteroatoms. The van der Waals surface area contributed by atoms with Gasteiger partial charge in [0.25, 0.3) is 5.91 Å². The number of carbonyl (C=O) groups is 1. The number of fused-ring (bicyclic) bond motifs is 1. The molecule has 0 saturated heterocycles. The molecule has 2 aromatic carbocycles. The second-order valence-corrected chi connectivity index (χ2v) is 6.41. The van der Waals surface area contributed by atoms with Gasteiger partial charge < -0.3 is 5.32 Å². The lowest BCUT2D eigenvalue weighted by molar-refractivity contribution is 0.102. The number of carbonyl (C=O) groups excluding carboxylic acids is 1. The minimum Gasteiger partial charge on any atom is -0.305 e. The van der Waals surface area contributed by atoms with E-state index in [-0.39, 0.29) is 5.91 Å². The zero-order chi connectivity index (χ0) is 18.1. The van der Waals surface area contributed by atoms with E-state index in [0.29, 0.717) is 22.1 Å². The van der Waals surface area contributed by atoms with Gasteiger partial charge in [-0.1, -0.05) is 41.9 Å². The maximum Gasteiger partial charge on any atom is 0.257 e. The fourth-order valence-corrected chi connectivity index (χ4v) is 2.92. The normalized spacial score (nSPS) is 10.8. The highest BCUT2D eigenvalue weighted by molar-refractivity contribution is 6.30. The molecule has 0 atom stereocenters. The number of nitrogens with one attached hydrogen (secondary N) is 2. The van der Waals surface area contributed by atoms with Crippen LogP contribution in [-0.2, 0) is 0 Å². The summed E-state index contributed by atoms with van der Waals surface area (Å²) in [4.78, 5) is 17.5. The summed E-state index contributed by atoms with van der Waals surface area (Å²) >= 11 is 5.97. The fourth-order valence-electron chi connectivity index (χ4n) is 2.80. The first-order valence-electron chi connectivity index (χ1n) is 8.09. The number of hydrogen-bond acceptors (Lipinski definition) is 3. The Labute approximate surface area is 155 Å². The molecule has 0 bridgehead atoms. The number of halogens is 1. The summed E-state index contributed by atoms with van der Waals surface area (Å²) in [5.41, 5.74) is 3.78. The minimum absolute atomic E-state index is 0.231. The van der Waals surface area contributed by atoms with Crippen LogP contribution in [0.2, 0.25) is 5.02 Å². The summed E-state index contributed by atoms with van der Waals surface area (Å²) in [6.07, 6.45) is 0. The zero-order valence-electron chi connectivity index (χ0n) is 14.0. The van der Waals surface area contributed by atoms with Crippen LogP contribution in [0.1, 0.15) is 16.1 Å². The van der Waals surface area contributed by atoms with Crippen molar-refractivity contribution in [3.8, 4) is 11.3 Å². The average Bonchev–Trinajstić information content (AvgIpc) is 3.06. The van der Waals surface area contributed by atoms with Crippen molar-refractivity contribution in [3.63, 3.8) is 0 Å². The Kier molecular flexibility index (Phi) is 4.14. The number of pyridine rings is 1. The van der Waals surface area contributed by atoms with E-state index in [9.17, 15) is 4.79 Å². The van der Waals surface area contributed by atoms with Gasteiger partial charge in [0.15, 0.2) is 5.82 Å². The molecular weight excluding hydrogens is 348 g/mol. The fraction of sp³-hybridized carbons (Fsp3) is 0.0500. The lowest BCUT2D eigenvalue weighted by Crippen LogP contribution is -2.13.